The fourth-order valence-corrected chi connectivity index (χ4v) is 3.94. The average Bonchev–Trinajstić information content (AvgIpc) is 2.75. The molecule has 3 rings (SSSR count). The standard InChI is InChI=1S/C22H25N3O2S/c23-16-19-6-8-20(9-7-19)17-28-18-22(26)25-12-10-24(11-13-25)14-15-27-21-4-2-1-3-5-21/h1-9H,10-15,17-18H2. The van der Waals surface area contributed by atoms with Crippen LogP contribution >= 0.6 is 11.8 Å². The van der Waals surface area contributed by atoms with E-state index in [2.05, 4.69) is 11.0 Å². The topological polar surface area (TPSA) is 56.6 Å². The van der Waals surface area contributed by atoms with Crippen LogP contribution in [0.2, 0.25) is 0 Å². The summed E-state index contributed by atoms with van der Waals surface area (Å²) >= 11 is 1.63. The highest BCUT2D eigenvalue weighted by molar-refractivity contribution is 7.99. The van der Waals surface area contributed by atoms with Gasteiger partial charge in [0.2, 0.25) is 5.91 Å². The lowest BCUT2D eigenvalue weighted by atomic mass is 10.2. The summed E-state index contributed by atoms with van der Waals surface area (Å²) < 4.78 is 5.75. The number of para-hydroxylation sites is 1. The van der Waals surface area contributed by atoms with Crippen molar-refractivity contribution >= 4 is 17.7 Å². The molecule has 0 radical (unpaired) electrons. The molecule has 28 heavy (non-hydrogen) atoms. The van der Waals surface area contributed by atoms with Crippen molar-refractivity contribution in [3.63, 3.8) is 0 Å². The smallest absolute Gasteiger partial charge is 0.232 e. The number of benzene rings is 2. The first-order chi connectivity index (χ1) is 13.7. The van der Waals surface area contributed by atoms with E-state index >= 15 is 0 Å². The molecule has 1 aliphatic rings. The number of ether oxygens (including phenoxy) is 1. The minimum Gasteiger partial charge on any atom is -0.492 e. The Morgan fingerprint density at radius 2 is 1.75 bits per heavy atom. The molecule has 0 saturated carbocycles. The highest BCUT2D eigenvalue weighted by Crippen LogP contribution is 2.14. The van der Waals surface area contributed by atoms with Gasteiger partial charge in [-0.25, -0.2) is 0 Å². The first-order valence-electron chi connectivity index (χ1n) is 9.49. The third-order valence-electron chi connectivity index (χ3n) is 4.72. The molecular formula is C22H25N3O2S. The van der Waals surface area contributed by atoms with Crippen LogP contribution in [-0.4, -0.2) is 60.8 Å². The SMILES string of the molecule is N#Cc1ccc(CSCC(=O)N2CCN(CCOc3ccccc3)CC2)cc1. The van der Waals surface area contributed by atoms with Gasteiger partial charge in [-0.15, -0.1) is 11.8 Å². The molecule has 5 nitrogen and oxygen atoms in total. The lowest BCUT2D eigenvalue weighted by Crippen LogP contribution is -2.50. The zero-order valence-corrected chi connectivity index (χ0v) is 16.7. The van der Waals surface area contributed by atoms with Crippen LogP contribution in [0, 0.1) is 11.3 Å². The summed E-state index contributed by atoms with van der Waals surface area (Å²) in [7, 11) is 0. The number of carbonyl (C=O) groups is 1. The van der Waals surface area contributed by atoms with Crippen LogP contribution in [0.1, 0.15) is 11.1 Å². The molecule has 0 aromatic heterocycles. The quantitative estimate of drug-likeness (QED) is 0.688. The Hall–Kier alpha value is -2.49. The molecule has 0 bridgehead atoms. The van der Waals surface area contributed by atoms with Gasteiger partial charge in [0.15, 0.2) is 0 Å². The molecule has 1 saturated heterocycles. The van der Waals surface area contributed by atoms with Crippen molar-refractivity contribution in [3.8, 4) is 11.8 Å². The van der Waals surface area contributed by atoms with E-state index in [-0.39, 0.29) is 5.91 Å². The molecule has 0 unspecified atom stereocenters. The van der Waals surface area contributed by atoms with E-state index in [9.17, 15) is 4.79 Å². The van der Waals surface area contributed by atoms with Gasteiger partial charge >= 0.3 is 0 Å². The maximum absolute atomic E-state index is 12.4. The lowest BCUT2D eigenvalue weighted by Gasteiger charge is -2.34. The van der Waals surface area contributed by atoms with Crippen molar-refractivity contribution < 1.29 is 9.53 Å². The van der Waals surface area contributed by atoms with Crippen LogP contribution in [0.3, 0.4) is 0 Å². The van der Waals surface area contributed by atoms with E-state index in [0.29, 0.717) is 17.9 Å². The number of thioether (sulfide) groups is 1. The molecule has 2 aromatic rings. The van der Waals surface area contributed by atoms with Gasteiger partial charge in [0.25, 0.3) is 0 Å². The first-order valence-corrected chi connectivity index (χ1v) is 10.6. The van der Waals surface area contributed by atoms with Crippen molar-refractivity contribution in [2.24, 2.45) is 0 Å². The number of nitriles is 1. The number of amides is 1. The van der Waals surface area contributed by atoms with Crippen LogP contribution < -0.4 is 4.74 Å². The number of carbonyl (C=O) groups excluding carboxylic acids is 1. The second-order valence-electron chi connectivity index (χ2n) is 6.69. The number of nitrogens with zero attached hydrogens (tertiary/aromatic N) is 3. The molecule has 2 aromatic carbocycles. The zero-order chi connectivity index (χ0) is 19.6. The zero-order valence-electron chi connectivity index (χ0n) is 15.9. The predicted octanol–water partition coefficient (Wildman–Crippen LogP) is 3.01. The lowest BCUT2D eigenvalue weighted by molar-refractivity contribution is -0.130. The van der Waals surface area contributed by atoms with E-state index in [1.807, 2.05) is 59.5 Å². The van der Waals surface area contributed by atoms with Gasteiger partial charge < -0.3 is 9.64 Å². The van der Waals surface area contributed by atoms with Gasteiger partial charge in [-0.1, -0.05) is 30.3 Å². The summed E-state index contributed by atoms with van der Waals surface area (Å²) in [6.07, 6.45) is 0. The van der Waals surface area contributed by atoms with Gasteiger partial charge in [-0.3, -0.25) is 9.69 Å². The highest BCUT2D eigenvalue weighted by atomic mass is 32.2. The van der Waals surface area contributed by atoms with E-state index in [4.69, 9.17) is 10.00 Å². The number of piperazine rings is 1. The molecular weight excluding hydrogens is 370 g/mol. The average molecular weight is 396 g/mol. The Balaban J connectivity index is 1.30. The van der Waals surface area contributed by atoms with Gasteiger partial charge in [0.05, 0.1) is 17.4 Å². The fraction of sp³-hybridized carbons (Fsp3) is 0.364. The summed E-state index contributed by atoms with van der Waals surface area (Å²) in [5, 5.41) is 8.82. The summed E-state index contributed by atoms with van der Waals surface area (Å²) in [5.74, 6) is 2.39. The molecule has 0 atom stereocenters. The molecule has 0 N–H and O–H groups in total. The normalized spacial score (nSPS) is 14.5. The maximum atomic E-state index is 12.4. The van der Waals surface area contributed by atoms with Gasteiger partial charge in [0.1, 0.15) is 12.4 Å². The van der Waals surface area contributed by atoms with Crippen molar-refractivity contribution in [2.45, 2.75) is 5.75 Å². The highest BCUT2D eigenvalue weighted by Gasteiger charge is 2.20. The minimum absolute atomic E-state index is 0.207. The Kier molecular flexibility index (Phi) is 7.77. The molecule has 1 aliphatic heterocycles. The molecule has 1 heterocycles. The molecule has 6 heteroatoms. The Morgan fingerprint density at radius 1 is 1.04 bits per heavy atom. The monoisotopic (exact) mass is 395 g/mol. The third-order valence-corrected chi connectivity index (χ3v) is 5.71. The largest absolute Gasteiger partial charge is 0.492 e. The van der Waals surface area contributed by atoms with Crippen molar-refractivity contribution in [1.82, 2.24) is 9.80 Å². The minimum atomic E-state index is 0.207. The second kappa shape index (κ2) is 10.7. The Bertz CT molecular complexity index is 782. The Morgan fingerprint density at radius 3 is 2.43 bits per heavy atom. The van der Waals surface area contributed by atoms with E-state index in [1.165, 1.54) is 0 Å². The summed E-state index contributed by atoms with van der Waals surface area (Å²) in [5.41, 5.74) is 1.80. The van der Waals surface area contributed by atoms with E-state index < -0.39 is 0 Å². The fourth-order valence-electron chi connectivity index (χ4n) is 3.05. The number of rotatable bonds is 8. The van der Waals surface area contributed by atoms with Crippen molar-refractivity contribution in [3.05, 3.63) is 65.7 Å². The molecule has 0 aliphatic carbocycles. The van der Waals surface area contributed by atoms with Gasteiger partial charge in [-0.05, 0) is 29.8 Å². The first kappa shape index (κ1) is 20.2. The van der Waals surface area contributed by atoms with E-state index in [1.54, 1.807) is 11.8 Å². The van der Waals surface area contributed by atoms with Crippen molar-refractivity contribution in [1.29, 1.82) is 5.26 Å². The summed E-state index contributed by atoms with van der Waals surface area (Å²) in [6, 6.07) is 19.5. The van der Waals surface area contributed by atoms with Crippen LogP contribution in [0.25, 0.3) is 0 Å². The van der Waals surface area contributed by atoms with E-state index in [0.717, 1.165) is 49.8 Å². The predicted molar refractivity (Wildman–Crippen MR) is 112 cm³/mol. The Labute approximate surface area is 170 Å². The summed E-state index contributed by atoms with van der Waals surface area (Å²) in [4.78, 5) is 16.7. The van der Waals surface area contributed by atoms with Gasteiger partial charge in [-0.2, -0.15) is 5.26 Å². The maximum Gasteiger partial charge on any atom is 0.232 e. The molecule has 146 valence electrons. The van der Waals surface area contributed by atoms with Crippen LogP contribution in [-0.2, 0) is 10.5 Å². The number of hydrogen-bond acceptors (Lipinski definition) is 5. The third kappa shape index (κ3) is 6.29. The number of hydrogen-bond donors (Lipinski definition) is 0. The molecule has 1 fully saturated rings. The van der Waals surface area contributed by atoms with Crippen LogP contribution in [0.5, 0.6) is 5.75 Å². The summed E-state index contributed by atoms with van der Waals surface area (Å²) in [6.45, 7) is 4.89. The van der Waals surface area contributed by atoms with Crippen LogP contribution in [0.4, 0.5) is 0 Å². The molecule has 1 amide bonds. The van der Waals surface area contributed by atoms with Crippen molar-refractivity contribution in [2.75, 3.05) is 45.1 Å². The molecule has 0 spiro atoms. The van der Waals surface area contributed by atoms with Gasteiger partial charge in [0, 0.05) is 38.5 Å². The second-order valence-corrected chi connectivity index (χ2v) is 7.67. The van der Waals surface area contributed by atoms with Crippen LogP contribution in [0.15, 0.2) is 54.6 Å².